The van der Waals surface area contributed by atoms with E-state index in [0.717, 1.165) is 5.56 Å². The number of halogens is 1. The normalized spacial score (nSPS) is 12.6. The van der Waals surface area contributed by atoms with E-state index in [2.05, 4.69) is 5.32 Å². The van der Waals surface area contributed by atoms with E-state index in [4.69, 9.17) is 21.1 Å². The number of carbonyl (C=O) groups is 1. The molecule has 18 heavy (non-hydrogen) atoms. The predicted octanol–water partition coefficient (Wildman–Crippen LogP) is 1.25. The van der Waals surface area contributed by atoms with Gasteiger partial charge in [-0.3, -0.25) is 4.79 Å². The number of benzene rings is 1. The number of fused-ring (bicyclic) bond motifs is 1. The molecule has 1 aromatic carbocycles. The Labute approximate surface area is 111 Å². The Morgan fingerprint density at radius 2 is 2.22 bits per heavy atom. The van der Waals surface area contributed by atoms with Gasteiger partial charge in [0.25, 0.3) is 0 Å². The van der Waals surface area contributed by atoms with Crippen LogP contribution in [0.25, 0.3) is 0 Å². The quantitative estimate of drug-likeness (QED) is 0.895. The zero-order chi connectivity index (χ0) is 13.1. The molecule has 0 bridgehead atoms. The molecule has 0 spiro atoms. The monoisotopic (exact) mass is 270 g/mol. The Balaban J connectivity index is 1.95. The van der Waals surface area contributed by atoms with Crippen LogP contribution in [0.15, 0.2) is 12.1 Å². The third-order valence-electron chi connectivity index (χ3n) is 2.59. The van der Waals surface area contributed by atoms with Gasteiger partial charge in [-0.2, -0.15) is 0 Å². The lowest BCUT2D eigenvalue weighted by Gasteiger charge is -2.11. The van der Waals surface area contributed by atoms with Gasteiger partial charge in [0.2, 0.25) is 12.7 Å². The van der Waals surface area contributed by atoms with E-state index < -0.39 is 0 Å². The average Bonchev–Trinajstić information content (AvgIpc) is 2.77. The number of hydrogen-bond acceptors (Lipinski definition) is 4. The molecule has 0 radical (unpaired) electrons. The number of carbonyl (C=O) groups excluding carboxylic acids is 1. The molecule has 1 N–H and O–H groups in total. The van der Waals surface area contributed by atoms with Crippen molar-refractivity contribution in [3.8, 4) is 11.5 Å². The first-order valence-corrected chi connectivity index (χ1v) is 5.94. The van der Waals surface area contributed by atoms with Gasteiger partial charge in [-0.15, -0.1) is 0 Å². The van der Waals surface area contributed by atoms with E-state index in [9.17, 15) is 4.79 Å². The van der Waals surface area contributed by atoms with E-state index >= 15 is 0 Å². The second-order valence-electron chi connectivity index (χ2n) is 4.20. The predicted molar refractivity (Wildman–Crippen MR) is 68.0 cm³/mol. The molecule has 0 fully saturated rings. The van der Waals surface area contributed by atoms with Crippen molar-refractivity contribution in [3.63, 3.8) is 0 Å². The third kappa shape index (κ3) is 2.86. The Morgan fingerprint density at radius 3 is 2.94 bits per heavy atom. The van der Waals surface area contributed by atoms with E-state index in [0.29, 0.717) is 29.6 Å². The maximum absolute atomic E-state index is 11.4. The van der Waals surface area contributed by atoms with Gasteiger partial charge < -0.3 is 19.7 Å². The first-order valence-electron chi connectivity index (χ1n) is 5.57. The molecule has 1 aliphatic rings. The minimum atomic E-state index is 0.0295. The lowest BCUT2D eigenvalue weighted by atomic mass is 10.2. The third-order valence-corrected chi connectivity index (χ3v) is 2.87. The SMILES string of the molecule is CN(C)C(=O)CNCc1cc(Cl)c2c(c1)OCO2. The molecule has 0 saturated carbocycles. The van der Waals surface area contributed by atoms with Gasteiger partial charge in [0.05, 0.1) is 11.6 Å². The van der Waals surface area contributed by atoms with Crippen LogP contribution >= 0.6 is 11.6 Å². The van der Waals surface area contributed by atoms with E-state index in [1.807, 2.05) is 12.1 Å². The zero-order valence-electron chi connectivity index (χ0n) is 10.3. The van der Waals surface area contributed by atoms with Crippen LogP contribution in [0.1, 0.15) is 5.56 Å². The highest BCUT2D eigenvalue weighted by Crippen LogP contribution is 2.39. The van der Waals surface area contributed by atoms with E-state index in [-0.39, 0.29) is 12.7 Å². The fourth-order valence-corrected chi connectivity index (χ4v) is 1.88. The Morgan fingerprint density at radius 1 is 1.44 bits per heavy atom. The summed E-state index contributed by atoms with van der Waals surface area (Å²) in [5.41, 5.74) is 0.954. The maximum Gasteiger partial charge on any atom is 0.236 e. The largest absolute Gasteiger partial charge is 0.454 e. The van der Waals surface area contributed by atoms with Crippen molar-refractivity contribution in [1.82, 2.24) is 10.2 Å². The van der Waals surface area contributed by atoms with Gasteiger partial charge in [0.1, 0.15) is 0 Å². The highest BCUT2D eigenvalue weighted by molar-refractivity contribution is 6.32. The van der Waals surface area contributed by atoms with Gasteiger partial charge in [0.15, 0.2) is 11.5 Å². The van der Waals surface area contributed by atoms with Crippen LogP contribution in [0.4, 0.5) is 0 Å². The summed E-state index contributed by atoms with van der Waals surface area (Å²) in [6, 6.07) is 3.67. The van der Waals surface area contributed by atoms with Crippen LogP contribution < -0.4 is 14.8 Å². The average molecular weight is 271 g/mol. The molecule has 0 unspecified atom stereocenters. The minimum absolute atomic E-state index is 0.0295. The molecule has 0 aromatic heterocycles. The summed E-state index contributed by atoms with van der Waals surface area (Å²) in [6.07, 6.45) is 0. The van der Waals surface area contributed by atoms with Crippen molar-refractivity contribution in [3.05, 3.63) is 22.7 Å². The number of rotatable bonds is 4. The van der Waals surface area contributed by atoms with Gasteiger partial charge in [0, 0.05) is 20.6 Å². The van der Waals surface area contributed by atoms with Crippen LogP contribution in [0, 0.1) is 0 Å². The summed E-state index contributed by atoms with van der Waals surface area (Å²) < 4.78 is 10.5. The molecule has 6 heteroatoms. The van der Waals surface area contributed by atoms with Crippen molar-refractivity contribution >= 4 is 17.5 Å². The zero-order valence-corrected chi connectivity index (χ0v) is 11.1. The van der Waals surface area contributed by atoms with Crippen molar-refractivity contribution in [2.24, 2.45) is 0 Å². The van der Waals surface area contributed by atoms with Gasteiger partial charge in [-0.25, -0.2) is 0 Å². The van der Waals surface area contributed by atoms with Crippen LogP contribution in [-0.2, 0) is 11.3 Å². The van der Waals surface area contributed by atoms with Crippen molar-refractivity contribution in [2.45, 2.75) is 6.54 Å². The van der Waals surface area contributed by atoms with Crippen molar-refractivity contribution < 1.29 is 14.3 Å². The fourth-order valence-electron chi connectivity index (χ4n) is 1.59. The fraction of sp³-hybridized carbons (Fsp3) is 0.417. The molecule has 5 nitrogen and oxygen atoms in total. The van der Waals surface area contributed by atoms with Crippen molar-refractivity contribution in [2.75, 3.05) is 27.4 Å². The Bertz CT molecular complexity index is 463. The molecular formula is C12H15ClN2O3. The first kappa shape index (κ1) is 13.0. The van der Waals surface area contributed by atoms with E-state index in [1.165, 1.54) is 0 Å². The molecule has 2 rings (SSSR count). The number of amides is 1. The van der Waals surface area contributed by atoms with E-state index in [1.54, 1.807) is 19.0 Å². The Kier molecular flexibility index (Phi) is 3.93. The number of nitrogens with zero attached hydrogens (tertiary/aromatic N) is 1. The van der Waals surface area contributed by atoms with Gasteiger partial charge in [-0.05, 0) is 17.7 Å². The molecule has 0 saturated heterocycles. The van der Waals surface area contributed by atoms with Crippen LogP contribution in [0.2, 0.25) is 5.02 Å². The second kappa shape index (κ2) is 5.46. The lowest BCUT2D eigenvalue weighted by Crippen LogP contribution is -2.32. The Hall–Kier alpha value is -1.46. The first-order chi connectivity index (χ1) is 8.58. The van der Waals surface area contributed by atoms with Crippen LogP contribution in [-0.4, -0.2) is 38.2 Å². The summed E-state index contributed by atoms with van der Waals surface area (Å²) in [7, 11) is 3.45. The molecule has 1 amide bonds. The number of likely N-dealkylation sites (N-methyl/N-ethyl adjacent to an activating group) is 1. The summed E-state index contributed by atoms with van der Waals surface area (Å²) in [5, 5.41) is 3.58. The molecular weight excluding hydrogens is 256 g/mol. The molecule has 0 atom stereocenters. The molecule has 1 aliphatic heterocycles. The van der Waals surface area contributed by atoms with Crippen molar-refractivity contribution in [1.29, 1.82) is 0 Å². The number of ether oxygens (including phenoxy) is 2. The molecule has 1 heterocycles. The highest BCUT2D eigenvalue weighted by Gasteiger charge is 2.18. The molecule has 1 aromatic rings. The minimum Gasteiger partial charge on any atom is -0.454 e. The highest BCUT2D eigenvalue weighted by atomic mass is 35.5. The molecule has 0 aliphatic carbocycles. The van der Waals surface area contributed by atoms with Gasteiger partial charge >= 0.3 is 0 Å². The lowest BCUT2D eigenvalue weighted by molar-refractivity contribution is -0.127. The number of nitrogens with one attached hydrogen (secondary N) is 1. The van der Waals surface area contributed by atoms with Crippen LogP contribution in [0.3, 0.4) is 0 Å². The second-order valence-corrected chi connectivity index (χ2v) is 4.61. The molecule has 98 valence electrons. The summed E-state index contributed by atoms with van der Waals surface area (Å²) >= 11 is 6.06. The number of hydrogen-bond donors (Lipinski definition) is 1. The summed E-state index contributed by atoms with van der Waals surface area (Å²) in [6.45, 7) is 1.04. The smallest absolute Gasteiger partial charge is 0.236 e. The maximum atomic E-state index is 11.4. The summed E-state index contributed by atoms with van der Waals surface area (Å²) in [5.74, 6) is 1.27. The summed E-state index contributed by atoms with van der Waals surface area (Å²) in [4.78, 5) is 12.9. The van der Waals surface area contributed by atoms with Crippen LogP contribution in [0.5, 0.6) is 11.5 Å². The van der Waals surface area contributed by atoms with Gasteiger partial charge in [-0.1, -0.05) is 11.6 Å². The standard InChI is InChI=1S/C12H15ClN2O3/c1-15(2)11(16)6-14-5-8-3-9(13)12-10(4-8)17-7-18-12/h3-4,14H,5-7H2,1-2H3. The topological polar surface area (TPSA) is 50.8 Å².